The molecule has 5 heteroatoms. The van der Waals surface area contributed by atoms with Crippen molar-refractivity contribution in [3.8, 4) is 5.75 Å². The van der Waals surface area contributed by atoms with Gasteiger partial charge in [0.2, 0.25) is 5.91 Å². The first-order chi connectivity index (χ1) is 10.1. The van der Waals surface area contributed by atoms with Gasteiger partial charge >= 0.3 is 5.97 Å². The van der Waals surface area contributed by atoms with Crippen LogP contribution in [-0.2, 0) is 16.1 Å². The maximum atomic E-state index is 12.5. The van der Waals surface area contributed by atoms with E-state index in [0.29, 0.717) is 13.0 Å². The third-order valence-corrected chi connectivity index (χ3v) is 4.23. The number of carboxylic acid groups (broad SMARTS) is 1. The number of benzene rings is 1. The second-order valence-corrected chi connectivity index (χ2v) is 5.80. The molecule has 1 N–H and O–H groups in total. The standard InChI is InChI=1S/C16H19NO4/c1-21-14-5-3-2-4-10(14)9-17(11-6-7-11)15(18)12-8-13(12)16(19)20/h2-5,11-13H,6-9H2,1H3,(H,19,20)/t12-,13-/m0/s1. The molecule has 0 radical (unpaired) electrons. The predicted molar refractivity (Wildman–Crippen MR) is 75.8 cm³/mol. The number of carbonyl (C=O) groups excluding carboxylic acids is 1. The van der Waals surface area contributed by atoms with Gasteiger partial charge in [0, 0.05) is 18.2 Å². The molecular formula is C16H19NO4. The third kappa shape index (κ3) is 2.86. The minimum atomic E-state index is -0.860. The molecule has 112 valence electrons. The van der Waals surface area contributed by atoms with E-state index in [4.69, 9.17) is 9.84 Å². The van der Waals surface area contributed by atoms with E-state index in [9.17, 15) is 9.59 Å². The van der Waals surface area contributed by atoms with E-state index < -0.39 is 11.9 Å². The summed E-state index contributed by atoms with van der Waals surface area (Å²) in [6, 6.07) is 7.90. The van der Waals surface area contributed by atoms with E-state index in [1.54, 1.807) is 7.11 Å². The van der Waals surface area contributed by atoms with Crippen LogP contribution in [0, 0.1) is 11.8 Å². The number of rotatable bonds is 6. The fourth-order valence-corrected chi connectivity index (χ4v) is 2.74. The maximum Gasteiger partial charge on any atom is 0.307 e. The summed E-state index contributed by atoms with van der Waals surface area (Å²) in [6.45, 7) is 0.496. The summed E-state index contributed by atoms with van der Waals surface area (Å²) in [6.07, 6.45) is 2.49. The van der Waals surface area contributed by atoms with Crippen LogP contribution in [-0.4, -0.2) is 35.0 Å². The van der Waals surface area contributed by atoms with Crippen LogP contribution >= 0.6 is 0 Å². The van der Waals surface area contributed by atoms with Gasteiger partial charge in [-0.1, -0.05) is 18.2 Å². The highest BCUT2D eigenvalue weighted by Crippen LogP contribution is 2.43. The monoisotopic (exact) mass is 289 g/mol. The molecule has 1 amide bonds. The Bertz CT molecular complexity index is 567. The summed E-state index contributed by atoms with van der Waals surface area (Å²) < 4.78 is 5.33. The SMILES string of the molecule is COc1ccccc1CN(C(=O)[C@H]1C[C@@H]1C(=O)O)C1CC1. The molecule has 3 rings (SSSR count). The lowest BCUT2D eigenvalue weighted by atomic mass is 10.1. The Labute approximate surface area is 123 Å². The van der Waals surface area contributed by atoms with Crippen molar-refractivity contribution < 1.29 is 19.4 Å². The van der Waals surface area contributed by atoms with Crippen molar-refractivity contribution in [2.24, 2.45) is 11.8 Å². The molecule has 2 aliphatic carbocycles. The molecular weight excluding hydrogens is 270 g/mol. The van der Waals surface area contributed by atoms with E-state index >= 15 is 0 Å². The molecule has 1 aromatic rings. The van der Waals surface area contributed by atoms with Crippen LogP contribution in [0.4, 0.5) is 0 Å². The van der Waals surface area contributed by atoms with E-state index in [0.717, 1.165) is 24.2 Å². The summed E-state index contributed by atoms with van der Waals surface area (Å²) in [5, 5.41) is 8.99. The summed E-state index contributed by atoms with van der Waals surface area (Å²) in [7, 11) is 1.61. The molecule has 1 aromatic carbocycles. The average molecular weight is 289 g/mol. The predicted octanol–water partition coefficient (Wildman–Crippen LogP) is 1.91. The fraction of sp³-hybridized carbons (Fsp3) is 0.500. The molecule has 2 fully saturated rings. The molecule has 0 aliphatic heterocycles. The number of nitrogens with zero attached hydrogens (tertiary/aromatic N) is 1. The van der Waals surface area contributed by atoms with E-state index in [1.165, 1.54) is 0 Å². The zero-order chi connectivity index (χ0) is 15.0. The van der Waals surface area contributed by atoms with E-state index in [1.807, 2.05) is 29.2 Å². The number of ether oxygens (including phenoxy) is 1. The lowest BCUT2D eigenvalue weighted by Crippen LogP contribution is -2.34. The minimum Gasteiger partial charge on any atom is -0.496 e. The fourth-order valence-electron chi connectivity index (χ4n) is 2.74. The third-order valence-electron chi connectivity index (χ3n) is 4.23. The Morgan fingerprint density at radius 1 is 1.29 bits per heavy atom. The molecule has 0 bridgehead atoms. The molecule has 2 saturated carbocycles. The van der Waals surface area contributed by atoms with Crippen molar-refractivity contribution in [1.82, 2.24) is 4.90 Å². The second kappa shape index (κ2) is 5.39. The van der Waals surface area contributed by atoms with Crippen molar-refractivity contribution >= 4 is 11.9 Å². The molecule has 21 heavy (non-hydrogen) atoms. The van der Waals surface area contributed by atoms with Gasteiger partial charge in [-0.05, 0) is 25.3 Å². The van der Waals surface area contributed by atoms with Gasteiger partial charge in [0.1, 0.15) is 5.75 Å². The van der Waals surface area contributed by atoms with Gasteiger partial charge in [0.25, 0.3) is 0 Å². The highest BCUT2D eigenvalue weighted by Gasteiger charge is 2.51. The number of amides is 1. The molecule has 0 aromatic heterocycles. The Hall–Kier alpha value is -2.04. The summed E-state index contributed by atoms with van der Waals surface area (Å²) in [5.74, 6) is -0.937. The minimum absolute atomic E-state index is 0.0178. The topological polar surface area (TPSA) is 66.8 Å². The van der Waals surface area contributed by atoms with Crippen molar-refractivity contribution in [1.29, 1.82) is 0 Å². The Morgan fingerprint density at radius 3 is 2.57 bits per heavy atom. The number of hydrogen-bond acceptors (Lipinski definition) is 3. The largest absolute Gasteiger partial charge is 0.496 e. The maximum absolute atomic E-state index is 12.5. The van der Waals surface area contributed by atoms with Gasteiger partial charge in [-0.2, -0.15) is 0 Å². The molecule has 2 atom stereocenters. The van der Waals surface area contributed by atoms with Crippen LogP contribution in [0.2, 0.25) is 0 Å². The lowest BCUT2D eigenvalue weighted by molar-refractivity contribution is -0.142. The van der Waals surface area contributed by atoms with E-state index in [2.05, 4.69) is 0 Å². The highest BCUT2D eigenvalue weighted by atomic mass is 16.5. The Balaban J connectivity index is 1.74. The van der Waals surface area contributed by atoms with Crippen LogP contribution in [0.5, 0.6) is 5.75 Å². The van der Waals surface area contributed by atoms with Crippen LogP contribution < -0.4 is 4.74 Å². The van der Waals surface area contributed by atoms with Gasteiger partial charge in [0.15, 0.2) is 0 Å². The first-order valence-electron chi connectivity index (χ1n) is 7.27. The molecule has 0 unspecified atom stereocenters. The molecule has 2 aliphatic rings. The summed E-state index contributed by atoms with van der Waals surface area (Å²) >= 11 is 0. The van der Waals surface area contributed by atoms with Crippen LogP contribution in [0.1, 0.15) is 24.8 Å². The molecule has 0 saturated heterocycles. The van der Waals surface area contributed by atoms with Gasteiger partial charge in [-0.3, -0.25) is 9.59 Å². The quantitative estimate of drug-likeness (QED) is 0.868. The highest BCUT2D eigenvalue weighted by molar-refractivity contribution is 5.89. The van der Waals surface area contributed by atoms with Gasteiger partial charge < -0.3 is 14.7 Å². The zero-order valence-corrected chi connectivity index (χ0v) is 12.0. The second-order valence-electron chi connectivity index (χ2n) is 5.80. The number of carboxylic acids is 1. The first kappa shape index (κ1) is 13.9. The average Bonchev–Trinajstić information content (AvgIpc) is 3.37. The van der Waals surface area contributed by atoms with Gasteiger partial charge in [0.05, 0.1) is 18.9 Å². The van der Waals surface area contributed by atoms with Gasteiger partial charge in [-0.15, -0.1) is 0 Å². The Morgan fingerprint density at radius 2 is 2.00 bits per heavy atom. The molecule has 0 heterocycles. The Kier molecular flexibility index (Phi) is 3.57. The van der Waals surface area contributed by atoms with Crippen LogP contribution in [0.15, 0.2) is 24.3 Å². The summed E-state index contributed by atoms with van der Waals surface area (Å²) in [4.78, 5) is 25.3. The smallest absolute Gasteiger partial charge is 0.307 e. The number of para-hydroxylation sites is 1. The number of hydrogen-bond donors (Lipinski definition) is 1. The van der Waals surface area contributed by atoms with Crippen molar-refractivity contribution in [2.45, 2.75) is 31.8 Å². The van der Waals surface area contributed by atoms with Crippen molar-refractivity contribution in [3.05, 3.63) is 29.8 Å². The van der Waals surface area contributed by atoms with Crippen LogP contribution in [0.3, 0.4) is 0 Å². The van der Waals surface area contributed by atoms with Crippen molar-refractivity contribution in [2.75, 3.05) is 7.11 Å². The lowest BCUT2D eigenvalue weighted by Gasteiger charge is -2.23. The van der Waals surface area contributed by atoms with Gasteiger partial charge in [-0.25, -0.2) is 0 Å². The normalized spacial score (nSPS) is 23.5. The number of aliphatic carboxylic acids is 1. The molecule has 5 nitrogen and oxygen atoms in total. The van der Waals surface area contributed by atoms with Crippen molar-refractivity contribution in [3.63, 3.8) is 0 Å². The number of carbonyl (C=O) groups is 2. The van der Waals surface area contributed by atoms with E-state index in [-0.39, 0.29) is 17.9 Å². The summed E-state index contributed by atoms with van der Waals surface area (Å²) in [5.41, 5.74) is 0.966. The number of methoxy groups -OCH3 is 1. The zero-order valence-electron chi connectivity index (χ0n) is 12.0. The molecule has 0 spiro atoms. The first-order valence-corrected chi connectivity index (χ1v) is 7.27. The van der Waals surface area contributed by atoms with Crippen LogP contribution in [0.25, 0.3) is 0 Å².